The van der Waals surface area contributed by atoms with Gasteiger partial charge in [0.1, 0.15) is 11.6 Å². The Kier molecular flexibility index (Phi) is 6.64. The van der Waals surface area contributed by atoms with Gasteiger partial charge in [0.2, 0.25) is 5.91 Å². The predicted molar refractivity (Wildman–Crippen MR) is 116 cm³/mol. The second-order valence-electron chi connectivity index (χ2n) is 7.87. The molecule has 1 aliphatic heterocycles. The van der Waals surface area contributed by atoms with E-state index in [-0.39, 0.29) is 22.4 Å². The maximum absolute atomic E-state index is 11.7. The van der Waals surface area contributed by atoms with Gasteiger partial charge < -0.3 is 9.80 Å². The number of piperazine rings is 1. The van der Waals surface area contributed by atoms with Crippen LogP contribution in [-0.2, 0) is 11.2 Å². The molecule has 2 aromatic rings. The summed E-state index contributed by atoms with van der Waals surface area (Å²) < 4.78 is 0. The summed E-state index contributed by atoms with van der Waals surface area (Å²) in [5.41, 5.74) is 3.03. The molecule has 3 rings (SSSR count). The average Bonchev–Trinajstić information content (AvgIpc) is 2.74. The Bertz CT molecular complexity index is 921. The van der Waals surface area contributed by atoms with E-state index in [0.717, 1.165) is 48.0 Å². The molecular formula is C22H29N5O3. The van der Waals surface area contributed by atoms with Crippen molar-refractivity contribution in [2.45, 2.75) is 46.5 Å². The highest BCUT2D eigenvalue weighted by Gasteiger charge is 2.24. The smallest absolute Gasteiger partial charge is 0.269 e. The Balaban J connectivity index is 1.94. The molecule has 0 spiro atoms. The Hall–Kier alpha value is -3.03. The minimum atomic E-state index is -0.390. The predicted octanol–water partition coefficient (Wildman–Crippen LogP) is 3.47. The molecule has 0 saturated carbocycles. The average molecular weight is 412 g/mol. The van der Waals surface area contributed by atoms with Crippen molar-refractivity contribution in [1.29, 1.82) is 0 Å². The molecule has 160 valence electrons. The van der Waals surface area contributed by atoms with Crippen molar-refractivity contribution in [2.75, 3.05) is 31.1 Å². The fraction of sp³-hybridized carbons (Fsp3) is 0.500. The second-order valence-corrected chi connectivity index (χ2v) is 7.87. The van der Waals surface area contributed by atoms with Crippen molar-refractivity contribution in [3.8, 4) is 0 Å². The molecule has 30 heavy (non-hydrogen) atoms. The molecule has 1 fully saturated rings. The summed E-state index contributed by atoms with van der Waals surface area (Å²) >= 11 is 0. The Morgan fingerprint density at radius 1 is 1.17 bits per heavy atom. The molecule has 0 bridgehead atoms. The van der Waals surface area contributed by atoms with Gasteiger partial charge in [-0.15, -0.1) is 0 Å². The number of aryl methyl sites for hydroxylation is 1. The number of nitrogens with zero attached hydrogens (tertiary/aromatic N) is 5. The molecule has 1 aromatic heterocycles. The number of benzene rings is 1. The number of anilines is 1. The molecule has 1 aromatic carbocycles. The van der Waals surface area contributed by atoms with Crippen LogP contribution >= 0.6 is 0 Å². The molecule has 8 heteroatoms. The zero-order valence-corrected chi connectivity index (χ0v) is 18.1. The van der Waals surface area contributed by atoms with Crippen LogP contribution in [0.1, 0.15) is 55.8 Å². The lowest BCUT2D eigenvalue weighted by atomic mass is 10.0. The summed E-state index contributed by atoms with van der Waals surface area (Å²) in [6, 6.07) is 6.64. The molecule has 1 aliphatic rings. The molecule has 2 heterocycles. The standard InChI is InChI=1S/C22H29N5O3/c1-5-15(2)21-23-16(3)20(14-18-6-8-19(9-7-18)27(29)30)22(24-21)26-12-10-25(11-13-26)17(4)28/h6-9,15H,5,10-14H2,1-4H3/t15-/m1/s1. The minimum absolute atomic E-state index is 0.0828. The number of hydrogen-bond acceptors (Lipinski definition) is 6. The highest BCUT2D eigenvalue weighted by atomic mass is 16.6. The van der Waals surface area contributed by atoms with Crippen molar-refractivity contribution in [3.05, 3.63) is 57.0 Å². The first kappa shape index (κ1) is 21.7. The molecule has 0 N–H and O–H groups in total. The van der Waals surface area contributed by atoms with Gasteiger partial charge in [0.15, 0.2) is 0 Å². The third-order valence-corrected chi connectivity index (χ3v) is 5.82. The topological polar surface area (TPSA) is 92.5 Å². The lowest BCUT2D eigenvalue weighted by Gasteiger charge is -2.36. The van der Waals surface area contributed by atoms with Crippen molar-refractivity contribution >= 4 is 17.4 Å². The van der Waals surface area contributed by atoms with Crippen LogP contribution < -0.4 is 4.90 Å². The third-order valence-electron chi connectivity index (χ3n) is 5.82. The van der Waals surface area contributed by atoms with Crippen molar-refractivity contribution in [1.82, 2.24) is 14.9 Å². The SMILES string of the molecule is CC[C@@H](C)c1nc(C)c(Cc2ccc([N+](=O)[O-])cc2)c(N2CCN(C(C)=O)CC2)n1. The van der Waals surface area contributed by atoms with Crippen molar-refractivity contribution in [2.24, 2.45) is 0 Å². The van der Waals surface area contributed by atoms with E-state index in [0.29, 0.717) is 19.5 Å². The highest BCUT2D eigenvalue weighted by Crippen LogP contribution is 2.28. The third kappa shape index (κ3) is 4.75. The van der Waals surface area contributed by atoms with Gasteiger partial charge in [-0.05, 0) is 18.9 Å². The molecule has 8 nitrogen and oxygen atoms in total. The summed E-state index contributed by atoms with van der Waals surface area (Å²) in [5.74, 6) is 2.11. The summed E-state index contributed by atoms with van der Waals surface area (Å²) in [6.45, 7) is 10.7. The zero-order valence-electron chi connectivity index (χ0n) is 18.1. The number of hydrogen-bond donors (Lipinski definition) is 0. The summed E-state index contributed by atoms with van der Waals surface area (Å²) in [6.07, 6.45) is 1.56. The fourth-order valence-corrected chi connectivity index (χ4v) is 3.65. The molecule has 0 unspecified atom stereocenters. The number of nitro benzene ring substituents is 1. The normalized spacial score (nSPS) is 15.2. The van der Waals surface area contributed by atoms with Crippen LogP contribution in [0.15, 0.2) is 24.3 Å². The van der Waals surface area contributed by atoms with Crippen LogP contribution in [0.4, 0.5) is 11.5 Å². The van der Waals surface area contributed by atoms with Crippen LogP contribution in [0.3, 0.4) is 0 Å². The molecule has 1 amide bonds. The van der Waals surface area contributed by atoms with Crippen molar-refractivity contribution < 1.29 is 9.72 Å². The number of carbonyl (C=O) groups excluding carboxylic acids is 1. The quantitative estimate of drug-likeness (QED) is 0.534. The maximum atomic E-state index is 11.7. The van der Waals surface area contributed by atoms with Gasteiger partial charge in [0, 0.05) is 68.8 Å². The van der Waals surface area contributed by atoms with Gasteiger partial charge in [-0.1, -0.05) is 26.0 Å². The van der Waals surface area contributed by atoms with Gasteiger partial charge in [0.25, 0.3) is 5.69 Å². The summed E-state index contributed by atoms with van der Waals surface area (Å²) in [4.78, 5) is 36.1. The molecule has 0 radical (unpaired) electrons. The number of amides is 1. The van der Waals surface area contributed by atoms with Crippen molar-refractivity contribution in [3.63, 3.8) is 0 Å². The van der Waals surface area contributed by atoms with Crippen LogP contribution in [0.25, 0.3) is 0 Å². The van der Waals surface area contributed by atoms with Crippen LogP contribution in [0.2, 0.25) is 0 Å². The van der Waals surface area contributed by atoms with E-state index in [1.807, 2.05) is 11.8 Å². The summed E-state index contributed by atoms with van der Waals surface area (Å²) in [5, 5.41) is 10.9. The van der Waals surface area contributed by atoms with Gasteiger partial charge in [-0.25, -0.2) is 9.97 Å². The number of carbonyl (C=O) groups is 1. The van der Waals surface area contributed by atoms with E-state index < -0.39 is 0 Å². The van der Waals surface area contributed by atoms with E-state index in [2.05, 4.69) is 18.7 Å². The molecular weight excluding hydrogens is 382 g/mol. The Labute approximate surface area is 177 Å². The fourth-order valence-electron chi connectivity index (χ4n) is 3.65. The van der Waals surface area contributed by atoms with Gasteiger partial charge in [-0.2, -0.15) is 0 Å². The number of rotatable bonds is 6. The number of non-ortho nitro benzene ring substituents is 1. The van der Waals surface area contributed by atoms with E-state index in [4.69, 9.17) is 9.97 Å². The Morgan fingerprint density at radius 3 is 2.33 bits per heavy atom. The monoisotopic (exact) mass is 411 g/mol. The van der Waals surface area contributed by atoms with Gasteiger partial charge >= 0.3 is 0 Å². The maximum Gasteiger partial charge on any atom is 0.269 e. The lowest BCUT2D eigenvalue weighted by Crippen LogP contribution is -2.48. The first-order valence-electron chi connectivity index (χ1n) is 10.4. The molecule has 0 aliphatic carbocycles. The van der Waals surface area contributed by atoms with Crippen LogP contribution in [0, 0.1) is 17.0 Å². The van der Waals surface area contributed by atoms with E-state index in [9.17, 15) is 14.9 Å². The highest BCUT2D eigenvalue weighted by molar-refractivity contribution is 5.73. The number of aromatic nitrogens is 2. The first-order valence-corrected chi connectivity index (χ1v) is 10.4. The van der Waals surface area contributed by atoms with Gasteiger partial charge in [0.05, 0.1) is 4.92 Å². The first-order chi connectivity index (χ1) is 14.3. The zero-order chi connectivity index (χ0) is 21.8. The molecule has 1 saturated heterocycles. The lowest BCUT2D eigenvalue weighted by molar-refractivity contribution is -0.384. The van der Waals surface area contributed by atoms with Gasteiger partial charge in [-0.3, -0.25) is 14.9 Å². The second kappa shape index (κ2) is 9.19. The Morgan fingerprint density at radius 2 is 1.80 bits per heavy atom. The number of nitro groups is 1. The van der Waals surface area contributed by atoms with Crippen LogP contribution in [0.5, 0.6) is 0 Å². The van der Waals surface area contributed by atoms with Crippen LogP contribution in [-0.4, -0.2) is 51.9 Å². The van der Waals surface area contributed by atoms with E-state index in [1.165, 1.54) is 12.1 Å². The minimum Gasteiger partial charge on any atom is -0.353 e. The van der Waals surface area contributed by atoms with E-state index in [1.54, 1.807) is 19.1 Å². The molecule has 1 atom stereocenters. The summed E-state index contributed by atoms with van der Waals surface area (Å²) in [7, 11) is 0. The largest absolute Gasteiger partial charge is 0.353 e. The van der Waals surface area contributed by atoms with E-state index >= 15 is 0 Å².